The van der Waals surface area contributed by atoms with E-state index in [0.717, 1.165) is 17.2 Å². The minimum absolute atomic E-state index is 0.528. The number of nitrogens with zero attached hydrogens (tertiary/aromatic N) is 1. The number of hydrogen-bond donors (Lipinski definition) is 1. The second kappa shape index (κ2) is 6.16. The summed E-state index contributed by atoms with van der Waals surface area (Å²) in [6.45, 7) is 11.8. The monoisotopic (exact) mass is 238 g/mol. The van der Waals surface area contributed by atoms with Crippen molar-refractivity contribution in [2.75, 3.05) is 6.54 Å². The zero-order valence-corrected chi connectivity index (χ0v) is 11.7. The number of nitrogens with one attached hydrogen (secondary N) is 1. The maximum Gasteiger partial charge on any atom is 0.116 e. The van der Waals surface area contributed by atoms with Crippen molar-refractivity contribution in [1.29, 1.82) is 0 Å². The fourth-order valence-corrected chi connectivity index (χ4v) is 2.10. The standard InChI is InChI=1S/C13H22N2S/c1-9(2)12(7-14-10(3)4)6-13-15-11(5)8-16-13/h6,8-10,14H,7H2,1-5H3. The van der Waals surface area contributed by atoms with Crippen LogP contribution < -0.4 is 5.32 Å². The Morgan fingerprint density at radius 1 is 1.44 bits per heavy atom. The highest BCUT2D eigenvalue weighted by Gasteiger charge is 2.05. The first kappa shape index (κ1) is 13.4. The van der Waals surface area contributed by atoms with Gasteiger partial charge in [0, 0.05) is 23.7 Å². The van der Waals surface area contributed by atoms with Gasteiger partial charge in [0.2, 0.25) is 0 Å². The van der Waals surface area contributed by atoms with E-state index in [2.05, 4.69) is 49.5 Å². The number of thiazole rings is 1. The highest BCUT2D eigenvalue weighted by molar-refractivity contribution is 7.10. The van der Waals surface area contributed by atoms with Gasteiger partial charge in [0.1, 0.15) is 5.01 Å². The minimum Gasteiger partial charge on any atom is -0.311 e. The molecule has 0 unspecified atom stereocenters. The van der Waals surface area contributed by atoms with Gasteiger partial charge >= 0.3 is 0 Å². The molecule has 0 saturated heterocycles. The van der Waals surface area contributed by atoms with E-state index in [1.165, 1.54) is 5.57 Å². The molecule has 0 radical (unpaired) electrons. The van der Waals surface area contributed by atoms with Crippen molar-refractivity contribution in [2.24, 2.45) is 5.92 Å². The lowest BCUT2D eigenvalue weighted by Gasteiger charge is -2.14. The van der Waals surface area contributed by atoms with E-state index in [0.29, 0.717) is 12.0 Å². The smallest absolute Gasteiger partial charge is 0.116 e. The lowest BCUT2D eigenvalue weighted by molar-refractivity contribution is 0.593. The van der Waals surface area contributed by atoms with E-state index < -0.39 is 0 Å². The molecule has 0 aromatic carbocycles. The van der Waals surface area contributed by atoms with Gasteiger partial charge in [-0.15, -0.1) is 11.3 Å². The molecule has 1 N–H and O–H groups in total. The first-order valence-electron chi connectivity index (χ1n) is 5.85. The number of aryl methyl sites for hydroxylation is 1. The van der Waals surface area contributed by atoms with Crippen LogP contribution in [0, 0.1) is 12.8 Å². The van der Waals surface area contributed by atoms with Gasteiger partial charge in [-0.05, 0) is 18.9 Å². The van der Waals surface area contributed by atoms with Crippen molar-refractivity contribution in [3.63, 3.8) is 0 Å². The molecule has 0 bridgehead atoms. The molecule has 0 amide bonds. The Labute approximate surface area is 103 Å². The first-order chi connectivity index (χ1) is 7.49. The van der Waals surface area contributed by atoms with Gasteiger partial charge in [0.15, 0.2) is 0 Å². The third-order valence-corrected chi connectivity index (χ3v) is 3.31. The summed E-state index contributed by atoms with van der Waals surface area (Å²) in [6.07, 6.45) is 2.22. The highest BCUT2D eigenvalue weighted by Crippen LogP contribution is 2.17. The molecule has 90 valence electrons. The maximum absolute atomic E-state index is 4.47. The SMILES string of the molecule is Cc1csc(C=C(CNC(C)C)C(C)C)n1. The van der Waals surface area contributed by atoms with Gasteiger partial charge in [-0.1, -0.05) is 33.3 Å². The van der Waals surface area contributed by atoms with Crippen LogP contribution in [0.15, 0.2) is 11.0 Å². The molecule has 2 nitrogen and oxygen atoms in total. The largest absolute Gasteiger partial charge is 0.311 e. The van der Waals surface area contributed by atoms with Gasteiger partial charge in [0.05, 0.1) is 0 Å². The van der Waals surface area contributed by atoms with E-state index in [4.69, 9.17) is 0 Å². The topological polar surface area (TPSA) is 24.9 Å². The molecule has 0 aliphatic rings. The van der Waals surface area contributed by atoms with Gasteiger partial charge in [-0.3, -0.25) is 0 Å². The lowest BCUT2D eigenvalue weighted by atomic mass is 10.0. The Hall–Kier alpha value is -0.670. The van der Waals surface area contributed by atoms with E-state index in [-0.39, 0.29) is 0 Å². The predicted octanol–water partition coefficient (Wildman–Crippen LogP) is 3.49. The summed E-state index contributed by atoms with van der Waals surface area (Å²) in [6, 6.07) is 0.528. The van der Waals surface area contributed by atoms with Crippen molar-refractivity contribution in [2.45, 2.75) is 40.7 Å². The minimum atomic E-state index is 0.528. The lowest BCUT2D eigenvalue weighted by Crippen LogP contribution is -2.26. The molecule has 1 aromatic heterocycles. The van der Waals surface area contributed by atoms with Crippen LogP contribution in [-0.4, -0.2) is 17.6 Å². The van der Waals surface area contributed by atoms with E-state index in [1.807, 2.05) is 6.92 Å². The number of aromatic nitrogens is 1. The van der Waals surface area contributed by atoms with Crippen LogP contribution >= 0.6 is 11.3 Å². The van der Waals surface area contributed by atoms with Crippen molar-refractivity contribution < 1.29 is 0 Å². The van der Waals surface area contributed by atoms with Crippen LogP contribution in [0.25, 0.3) is 6.08 Å². The average molecular weight is 238 g/mol. The molecule has 0 saturated carbocycles. The summed E-state index contributed by atoms with van der Waals surface area (Å²) in [7, 11) is 0. The average Bonchev–Trinajstić information content (AvgIpc) is 2.57. The third kappa shape index (κ3) is 4.45. The second-order valence-electron chi connectivity index (χ2n) is 4.74. The molecule has 0 aliphatic carbocycles. The van der Waals surface area contributed by atoms with Crippen molar-refractivity contribution in [3.05, 3.63) is 21.7 Å². The Kier molecular flexibility index (Phi) is 5.16. The molecule has 1 aromatic rings. The molecule has 3 heteroatoms. The maximum atomic E-state index is 4.47. The number of rotatable bonds is 5. The van der Waals surface area contributed by atoms with Crippen molar-refractivity contribution >= 4 is 17.4 Å². The van der Waals surface area contributed by atoms with Gasteiger partial charge in [-0.2, -0.15) is 0 Å². The van der Waals surface area contributed by atoms with Gasteiger partial charge < -0.3 is 5.32 Å². The summed E-state index contributed by atoms with van der Waals surface area (Å²) < 4.78 is 0. The van der Waals surface area contributed by atoms with Crippen LogP contribution in [0.2, 0.25) is 0 Å². The fraction of sp³-hybridized carbons (Fsp3) is 0.615. The second-order valence-corrected chi connectivity index (χ2v) is 5.63. The molecular weight excluding hydrogens is 216 g/mol. The summed E-state index contributed by atoms with van der Waals surface area (Å²) in [4.78, 5) is 4.47. The molecule has 0 aliphatic heterocycles. The predicted molar refractivity (Wildman–Crippen MR) is 72.8 cm³/mol. The van der Waals surface area contributed by atoms with Gasteiger partial charge in [-0.25, -0.2) is 4.98 Å². The van der Waals surface area contributed by atoms with E-state index >= 15 is 0 Å². The molecular formula is C13H22N2S. The summed E-state index contributed by atoms with van der Waals surface area (Å²) >= 11 is 1.71. The molecule has 0 fully saturated rings. The third-order valence-electron chi connectivity index (χ3n) is 2.40. The van der Waals surface area contributed by atoms with Crippen LogP contribution in [0.4, 0.5) is 0 Å². The van der Waals surface area contributed by atoms with Crippen LogP contribution in [0.1, 0.15) is 38.4 Å². The van der Waals surface area contributed by atoms with Crippen LogP contribution in [-0.2, 0) is 0 Å². The molecule has 0 spiro atoms. The van der Waals surface area contributed by atoms with E-state index in [1.54, 1.807) is 11.3 Å². The Morgan fingerprint density at radius 3 is 2.56 bits per heavy atom. The van der Waals surface area contributed by atoms with Crippen LogP contribution in [0.5, 0.6) is 0 Å². The Morgan fingerprint density at radius 2 is 2.12 bits per heavy atom. The van der Waals surface area contributed by atoms with Gasteiger partial charge in [0.25, 0.3) is 0 Å². The Balaban J connectivity index is 2.73. The zero-order chi connectivity index (χ0) is 12.1. The molecule has 0 atom stereocenters. The first-order valence-corrected chi connectivity index (χ1v) is 6.73. The molecule has 16 heavy (non-hydrogen) atoms. The summed E-state index contributed by atoms with van der Waals surface area (Å²) in [5, 5.41) is 6.68. The quantitative estimate of drug-likeness (QED) is 0.849. The molecule has 1 heterocycles. The summed E-state index contributed by atoms with van der Waals surface area (Å²) in [5.74, 6) is 0.565. The normalized spacial score (nSPS) is 12.8. The highest BCUT2D eigenvalue weighted by atomic mass is 32.1. The van der Waals surface area contributed by atoms with Crippen molar-refractivity contribution in [3.8, 4) is 0 Å². The molecule has 1 rings (SSSR count). The fourth-order valence-electron chi connectivity index (χ4n) is 1.34. The van der Waals surface area contributed by atoms with Crippen LogP contribution in [0.3, 0.4) is 0 Å². The van der Waals surface area contributed by atoms with Crippen molar-refractivity contribution in [1.82, 2.24) is 10.3 Å². The van der Waals surface area contributed by atoms with E-state index in [9.17, 15) is 0 Å². The Bertz CT molecular complexity index is 351. The number of hydrogen-bond acceptors (Lipinski definition) is 3. The zero-order valence-electron chi connectivity index (χ0n) is 10.9. The summed E-state index contributed by atoms with van der Waals surface area (Å²) in [5.41, 5.74) is 2.53.